The highest BCUT2D eigenvalue weighted by Crippen LogP contribution is 2.14. The summed E-state index contributed by atoms with van der Waals surface area (Å²) in [5.74, 6) is -7.20. The highest BCUT2D eigenvalue weighted by atomic mass is 32.2. The molecule has 0 aromatic rings. The van der Waals surface area contributed by atoms with Crippen molar-refractivity contribution in [3.8, 4) is 0 Å². The van der Waals surface area contributed by atoms with Gasteiger partial charge in [0.1, 0.15) is 18.6 Å². The predicted molar refractivity (Wildman–Crippen MR) is 108 cm³/mol. The Labute approximate surface area is 181 Å². The number of hydrogen-bond acceptors (Lipinski definition) is 10. The molecule has 0 fully saturated rings. The first-order valence-corrected chi connectivity index (χ1v) is 10.0. The molecule has 4 atom stereocenters. The van der Waals surface area contributed by atoms with Crippen LogP contribution in [0.5, 0.6) is 0 Å². The van der Waals surface area contributed by atoms with E-state index in [4.69, 9.17) is 27.4 Å². The summed E-state index contributed by atoms with van der Waals surface area (Å²) < 4.78 is 0. The van der Waals surface area contributed by atoms with Crippen LogP contribution in [0.15, 0.2) is 0 Å². The average molecular weight is 465 g/mol. The summed E-state index contributed by atoms with van der Waals surface area (Å²) in [6, 6.07) is -3.69. The quantitative estimate of drug-likeness (QED) is 0.108. The van der Waals surface area contributed by atoms with Gasteiger partial charge in [0.2, 0.25) is 11.8 Å². The van der Waals surface area contributed by atoms with Crippen LogP contribution in [0.2, 0.25) is 0 Å². The minimum atomic E-state index is -2.41. The lowest BCUT2D eigenvalue weighted by Gasteiger charge is -2.25. The fraction of sp³-hybridized carbons (Fsp3) is 0.625. The zero-order valence-corrected chi connectivity index (χ0v) is 17.5. The number of thioether (sulfide) groups is 1. The lowest BCUT2D eigenvalue weighted by Crippen LogP contribution is -2.60. The maximum absolute atomic E-state index is 12.2. The molecule has 2 amide bonds. The number of aliphatic carboxylic acids is 3. The van der Waals surface area contributed by atoms with Gasteiger partial charge < -0.3 is 43.2 Å². The highest BCUT2D eigenvalue weighted by molar-refractivity contribution is 7.99. The van der Waals surface area contributed by atoms with Crippen molar-refractivity contribution in [1.82, 2.24) is 10.6 Å². The van der Waals surface area contributed by atoms with Crippen molar-refractivity contribution in [2.75, 3.05) is 18.1 Å². The lowest BCUT2D eigenvalue weighted by atomic mass is 9.86. The monoisotopic (exact) mass is 465 g/mol. The maximum atomic E-state index is 12.2. The summed E-state index contributed by atoms with van der Waals surface area (Å²) >= 11 is 0.921. The molecule has 15 heteroatoms. The van der Waals surface area contributed by atoms with Crippen LogP contribution in [0, 0.1) is 0 Å². The molecule has 0 saturated carbocycles. The average Bonchev–Trinajstić information content (AvgIpc) is 2.68. The molecule has 0 unspecified atom stereocenters. The third-order valence-corrected chi connectivity index (χ3v) is 5.11. The molecule has 0 saturated heterocycles. The Kier molecular flexibility index (Phi) is 11.7. The van der Waals surface area contributed by atoms with Gasteiger partial charge in [-0.25, -0.2) is 4.79 Å². The van der Waals surface area contributed by atoms with Crippen LogP contribution in [0.1, 0.15) is 19.8 Å². The summed E-state index contributed by atoms with van der Waals surface area (Å²) in [7, 11) is 0. The fourth-order valence-electron chi connectivity index (χ4n) is 2.17. The number of carbonyl (C=O) groups excluding carboxylic acids is 3. The molecule has 31 heavy (non-hydrogen) atoms. The van der Waals surface area contributed by atoms with E-state index >= 15 is 0 Å². The number of ketones is 1. The first-order valence-electron chi connectivity index (χ1n) is 8.89. The summed E-state index contributed by atoms with van der Waals surface area (Å²) in [5.41, 5.74) is 14.0. The zero-order valence-electron chi connectivity index (χ0n) is 16.7. The van der Waals surface area contributed by atoms with Gasteiger partial charge in [0.15, 0.2) is 11.3 Å². The normalized spacial score (nSPS) is 15.6. The second-order valence-electron chi connectivity index (χ2n) is 6.64. The molecular weight excluding hydrogens is 438 g/mol. The Morgan fingerprint density at radius 3 is 2.06 bits per heavy atom. The second-order valence-corrected chi connectivity index (χ2v) is 7.72. The maximum Gasteiger partial charge on any atom is 0.331 e. The number of amides is 2. The molecule has 0 aromatic heterocycles. The summed E-state index contributed by atoms with van der Waals surface area (Å²) in [6.07, 6.45) is -1.15. The fourth-order valence-corrected chi connectivity index (χ4v) is 3.17. The van der Waals surface area contributed by atoms with E-state index in [9.17, 15) is 33.9 Å². The van der Waals surface area contributed by atoms with E-state index in [0.29, 0.717) is 0 Å². The number of nitrogens with one attached hydrogen (secondary N) is 2. The van der Waals surface area contributed by atoms with Gasteiger partial charge in [-0.3, -0.25) is 24.0 Å². The number of nitrogens with two attached hydrogens (primary N) is 3. The van der Waals surface area contributed by atoms with Crippen molar-refractivity contribution >= 4 is 47.3 Å². The van der Waals surface area contributed by atoms with Crippen molar-refractivity contribution < 1.29 is 44.1 Å². The Hall–Kier alpha value is -2.75. The van der Waals surface area contributed by atoms with Gasteiger partial charge >= 0.3 is 17.9 Å². The number of Topliss-reactive ketones (excluding diaryl/α,β-unsaturated/α-hetero) is 1. The van der Waals surface area contributed by atoms with E-state index in [2.05, 4.69) is 10.6 Å². The molecule has 0 rings (SSSR count). The van der Waals surface area contributed by atoms with Crippen molar-refractivity contribution in [2.24, 2.45) is 17.2 Å². The first-order chi connectivity index (χ1) is 14.2. The lowest BCUT2D eigenvalue weighted by molar-refractivity contribution is -0.149. The van der Waals surface area contributed by atoms with Crippen molar-refractivity contribution in [2.45, 2.75) is 43.4 Å². The Morgan fingerprint density at radius 1 is 1.03 bits per heavy atom. The van der Waals surface area contributed by atoms with Crippen molar-refractivity contribution in [1.29, 1.82) is 0 Å². The molecule has 0 aromatic carbocycles. The van der Waals surface area contributed by atoms with E-state index in [1.165, 1.54) is 6.92 Å². The molecule has 0 heterocycles. The standard InChI is InChI=1S/C16H27N5O9S/c1-7(17)12(25)16(19,15(29)30)3-2-10(22)21-9(13(26)20-4-11(23)24)6-31-5-8(18)14(27)28/h7-9H,2-6,17-19H2,1H3,(H,20,26)(H,21,22)(H,23,24)(H,27,28)(H,29,30)/t7-,8-,9+,16-/m0/s1. The number of rotatable bonds is 15. The van der Waals surface area contributed by atoms with Gasteiger partial charge in [-0.2, -0.15) is 11.8 Å². The largest absolute Gasteiger partial charge is 0.480 e. The molecule has 0 aliphatic carbocycles. The van der Waals surface area contributed by atoms with Gasteiger partial charge in [0.05, 0.1) is 6.04 Å². The third kappa shape index (κ3) is 9.73. The van der Waals surface area contributed by atoms with E-state index in [0.717, 1.165) is 11.8 Å². The van der Waals surface area contributed by atoms with Crippen LogP contribution in [0.3, 0.4) is 0 Å². The molecule has 14 nitrogen and oxygen atoms in total. The zero-order chi connectivity index (χ0) is 24.4. The molecule has 11 N–H and O–H groups in total. The van der Waals surface area contributed by atoms with Gasteiger partial charge in [-0.1, -0.05) is 0 Å². The Bertz CT molecular complexity index is 718. The minimum Gasteiger partial charge on any atom is -0.480 e. The molecule has 0 aliphatic heterocycles. The van der Waals surface area contributed by atoms with Crippen molar-refractivity contribution in [3.63, 3.8) is 0 Å². The number of hydrogen-bond donors (Lipinski definition) is 8. The second kappa shape index (κ2) is 12.8. The van der Waals surface area contributed by atoms with Gasteiger partial charge in [-0.05, 0) is 13.3 Å². The number of carboxylic acids is 3. The molecule has 0 spiro atoms. The molecular formula is C16H27N5O9S. The predicted octanol–water partition coefficient (Wildman–Crippen LogP) is -3.70. The highest BCUT2D eigenvalue weighted by Gasteiger charge is 2.43. The van der Waals surface area contributed by atoms with Crippen LogP contribution in [0.25, 0.3) is 0 Å². The Morgan fingerprint density at radius 2 is 1.61 bits per heavy atom. The van der Waals surface area contributed by atoms with Gasteiger partial charge in [-0.15, -0.1) is 0 Å². The molecule has 0 aliphatic rings. The van der Waals surface area contributed by atoms with Crippen LogP contribution in [-0.4, -0.2) is 92.5 Å². The Balaban J connectivity index is 5.13. The SMILES string of the molecule is C[C@H](N)C(=O)[C@@](N)(CCC(=O)N[C@H](CSC[C@H](N)C(=O)O)C(=O)NCC(=O)O)C(=O)O. The molecule has 176 valence electrons. The first kappa shape index (κ1) is 28.2. The molecule has 0 radical (unpaired) electrons. The van der Waals surface area contributed by atoms with Crippen molar-refractivity contribution in [3.05, 3.63) is 0 Å². The summed E-state index contributed by atoms with van der Waals surface area (Å²) in [5, 5.41) is 31.0. The van der Waals surface area contributed by atoms with E-state index in [-0.39, 0.29) is 11.5 Å². The topological polar surface area (TPSA) is 265 Å². The van der Waals surface area contributed by atoms with E-state index < -0.39 is 78.6 Å². The van der Waals surface area contributed by atoms with Crippen LogP contribution in [0.4, 0.5) is 0 Å². The number of carbonyl (C=O) groups is 6. The molecule has 0 bridgehead atoms. The van der Waals surface area contributed by atoms with E-state index in [1.54, 1.807) is 0 Å². The smallest absolute Gasteiger partial charge is 0.331 e. The van der Waals surface area contributed by atoms with Crippen LogP contribution >= 0.6 is 11.8 Å². The number of carboxylic acid groups (broad SMARTS) is 3. The minimum absolute atomic E-state index is 0.0955. The van der Waals surface area contributed by atoms with E-state index in [1.807, 2.05) is 0 Å². The summed E-state index contributed by atoms with van der Waals surface area (Å²) in [6.45, 7) is 0.521. The third-order valence-electron chi connectivity index (χ3n) is 3.95. The van der Waals surface area contributed by atoms with Gasteiger partial charge in [0.25, 0.3) is 0 Å². The van der Waals surface area contributed by atoms with Gasteiger partial charge in [0, 0.05) is 17.9 Å². The van der Waals surface area contributed by atoms with Crippen LogP contribution in [-0.2, 0) is 28.8 Å². The summed E-state index contributed by atoms with van der Waals surface area (Å²) in [4.78, 5) is 69.2. The van der Waals surface area contributed by atoms with Crippen LogP contribution < -0.4 is 27.8 Å².